The van der Waals surface area contributed by atoms with Crippen LogP contribution in [0.1, 0.15) is 58.2 Å². The zero-order chi connectivity index (χ0) is 12.6. The van der Waals surface area contributed by atoms with E-state index in [4.69, 9.17) is 0 Å². The number of rotatable bonds is 5. The van der Waals surface area contributed by atoms with Crippen LogP contribution in [0.15, 0.2) is 10.7 Å². The van der Waals surface area contributed by atoms with E-state index in [9.17, 15) is 0 Å². The summed E-state index contributed by atoms with van der Waals surface area (Å²) in [6.07, 6.45) is 4.58. The molecule has 4 heteroatoms. The van der Waals surface area contributed by atoms with E-state index >= 15 is 0 Å². The molecule has 2 rings (SSSR count). The highest BCUT2D eigenvalue weighted by Gasteiger charge is 2.28. The average Bonchev–Trinajstić information content (AvgIpc) is 2.98. The highest BCUT2D eigenvalue weighted by Crippen LogP contribution is 2.30. The SMILES string of the molecule is CC(NC1CC1)C(C)c1c(Br)cnn1C(C)C. The van der Waals surface area contributed by atoms with E-state index in [-0.39, 0.29) is 0 Å². The van der Waals surface area contributed by atoms with E-state index in [1.165, 1.54) is 18.5 Å². The minimum Gasteiger partial charge on any atom is -0.311 e. The molecule has 0 aliphatic heterocycles. The lowest BCUT2D eigenvalue weighted by Crippen LogP contribution is -2.33. The fourth-order valence-corrected chi connectivity index (χ4v) is 2.83. The Kier molecular flexibility index (Phi) is 3.93. The Hall–Kier alpha value is -0.350. The van der Waals surface area contributed by atoms with Crippen LogP contribution in [0.4, 0.5) is 0 Å². The zero-order valence-corrected chi connectivity index (χ0v) is 12.7. The van der Waals surface area contributed by atoms with Crippen LogP contribution >= 0.6 is 15.9 Å². The Morgan fingerprint density at radius 2 is 2.00 bits per heavy atom. The molecule has 2 unspecified atom stereocenters. The molecule has 1 aromatic rings. The minimum absolute atomic E-state index is 0.409. The fourth-order valence-electron chi connectivity index (χ4n) is 2.19. The van der Waals surface area contributed by atoms with E-state index in [1.807, 2.05) is 6.20 Å². The number of nitrogens with one attached hydrogen (secondary N) is 1. The predicted molar refractivity (Wildman–Crippen MR) is 74.3 cm³/mol. The first-order chi connectivity index (χ1) is 8.00. The van der Waals surface area contributed by atoms with Gasteiger partial charge in [0.25, 0.3) is 0 Å². The molecule has 1 aliphatic carbocycles. The van der Waals surface area contributed by atoms with E-state index in [0.717, 1.165) is 10.5 Å². The third-order valence-electron chi connectivity index (χ3n) is 3.53. The van der Waals surface area contributed by atoms with Crippen molar-refractivity contribution in [3.63, 3.8) is 0 Å². The van der Waals surface area contributed by atoms with E-state index in [0.29, 0.717) is 18.0 Å². The normalized spacial score (nSPS) is 19.6. The van der Waals surface area contributed by atoms with Gasteiger partial charge in [0.05, 0.1) is 16.4 Å². The van der Waals surface area contributed by atoms with Gasteiger partial charge in [-0.05, 0) is 49.5 Å². The predicted octanol–water partition coefficient (Wildman–Crippen LogP) is 3.47. The summed E-state index contributed by atoms with van der Waals surface area (Å²) in [5, 5.41) is 8.13. The lowest BCUT2D eigenvalue weighted by molar-refractivity contribution is 0.427. The summed E-state index contributed by atoms with van der Waals surface area (Å²) in [4.78, 5) is 0. The Morgan fingerprint density at radius 3 is 2.53 bits per heavy atom. The largest absolute Gasteiger partial charge is 0.311 e. The van der Waals surface area contributed by atoms with Crippen molar-refractivity contribution < 1.29 is 0 Å². The Labute approximate surface area is 112 Å². The number of aromatic nitrogens is 2. The van der Waals surface area contributed by atoms with Crippen molar-refractivity contribution >= 4 is 15.9 Å². The average molecular weight is 300 g/mol. The highest BCUT2D eigenvalue weighted by molar-refractivity contribution is 9.10. The molecule has 1 aliphatic rings. The monoisotopic (exact) mass is 299 g/mol. The first-order valence-corrected chi connectivity index (χ1v) is 7.29. The Bertz CT molecular complexity index is 382. The maximum absolute atomic E-state index is 4.46. The van der Waals surface area contributed by atoms with Crippen LogP contribution in [-0.4, -0.2) is 21.9 Å². The van der Waals surface area contributed by atoms with Crippen LogP contribution in [0.3, 0.4) is 0 Å². The van der Waals surface area contributed by atoms with Gasteiger partial charge >= 0.3 is 0 Å². The van der Waals surface area contributed by atoms with Gasteiger partial charge in [-0.3, -0.25) is 4.68 Å². The fraction of sp³-hybridized carbons (Fsp3) is 0.769. The molecular formula is C13H22BrN3. The van der Waals surface area contributed by atoms with Gasteiger partial charge in [-0.25, -0.2) is 0 Å². The number of hydrogen-bond acceptors (Lipinski definition) is 2. The van der Waals surface area contributed by atoms with Crippen molar-refractivity contribution in [3.8, 4) is 0 Å². The maximum atomic E-state index is 4.46. The second-order valence-electron chi connectivity index (χ2n) is 5.43. The van der Waals surface area contributed by atoms with Crippen LogP contribution in [0.2, 0.25) is 0 Å². The number of hydrogen-bond donors (Lipinski definition) is 1. The van der Waals surface area contributed by atoms with Crippen molar-refractivity contribution in [1.29, 1.82) is 0 Å². The summed E-state index contributed by atoms with van der Waals surface area (Å²) in [6.45, 7) is 8.90. The van der Waals surface area contributed by atoms with E-state index in [1.54, 1.807) is 0 Å². The molecular weight excluding hydrogens is 278 g/mol. The van der Waals surface area contributed by atoms with Crippen molar-refractivity contribution in [3.05, 3.63) is 16.4 Å². The number of halogens is 1. The topological polar surface area (TPSA) is 29.9 Å². The smallest absolute Gasteiger partial charge is 0.0635 e. The van der Waals surface area contributed by atoms with Crippen molar-refractivity contribution in [2.75, 3.05) is 0 Å². The molecule has 0 saturated heterocycles. The van der Waals surface area contributed by atoms with Gasteiger partial charge in [0.1, 0.15) is 0 Å². The molecule has 1 aromatic heterocycles. The van der Waals surface area contributed by atoms with Crippen LogP contribution in [0.25, 0.3) is 0 Å². The molecule has 3 nitrogen and oxygen atoms in total. The highest BCUT2D eigenvalue weighted by atomic mass is 79.9. The molecule has 17 heavy (non-hydrogen) atoms. The molecule has 0 amide bonds. The Morgan fingerprint density at radius 1 is 1.35 bits per heavy atom. The lowest BCUT2D eigenvalue weighted by atomic mass is 9.99. The molecule has 0 aromatic carbocycles. The van der Waals surface area contributed by atoms with Crippen molar-refractivity contribution in [2.24, 2.45) is 0 Å². The van der Waals surface area contributed by atoms with Gasteiger partial charge < -0.3 is 5.32 Å². The Balaban J connectivity index is 2.16. The zero-order valence-electron chi connectivity index (χ0n) is 11.1. The molecule has 1 heterocycles. The molecule has 96 valence electrons. The van der Waals surface area contributed by atoms with Gasteiger partial charge in [0.2, 0.25) is 0 Å². The molecule has 0 radical (unpaired) electrons. The molecule has 1 saturated carbocycles. The second-order valence-corrected chi connectivity index (χ2v) is 6.29. The first kappa shape index (κ1) is 13.1. The quantitative estimate of drug-likeness (QED) is 0.902. The molecule has 0 bridgehead atoms. The molecule has 1 N–H and O–H groups in total. The van der Waals surface area contributed by atoms with Gasteiger partial charge in [-0.2, -0.15) is 5.10 Å². The molecule has 2 atom stereocenters. The van der Waals surface area contributed by atoms with Crippen molar-refractivity contribution in [2.45, 2.75) is 64.6 Å². The van der Waals surface area contributed by atoms with Crippen LogP contribution < -0.4 is 5.32 Å². The van der Waals surface area contributed by atoms with E-state index in [2.05, 4.69) is 58.7 Å². The maximum Gasteiger partial charge on any atom is 0.0635 e. The summed E-state index contributed by atoms with van der Waals surface area (Å²) in [5.41, 5.74) is 1.31. The van der Waals surface area contributed by atoms with Gasteiger partial charge in [0.15, 0.2) is 0 Å². The summed E-state index contributed by atoms with van der Waals surface area (Å²) in [5.74, 6) is 0.467. The second kappa shape index (κ2) is 5.11. The number of nitrogens with zero attached hydrogens (tertiary/aromatic N) is 2. The van der Waals surface area contributed by atoms with E-state index < -0.39 is 0 Å². The standard InChI is InChI=1S/C13H22BrN3/c1-8(2)17-13(12(14)7-15-17)9(3)10(4)16-11-5-6-11/h7-11,16H,5-6H2,1-4H3. The lowest BCUT2D eigenvalue weighted by Gasteiger charge is -2.24. The third kappa shape index (κ3) is 2.91. The summed E-state index contributed by atoms with van der Waals surface area (Å²) in [6, 6.07) is 1.65. The van der Waals surface area contributed by atoms with Gasteiger partial charge in [0, 0.05) is 24.0 Å². The first-order valence-electron chi connectivity index (χ1n) is 6.49. The van der Waals surface area contributed by atoms with Gasteiger partial charge in [-0.15, -0.1) is 0 Å². The molecule has 0 spiro atoms. The minimum atomic E-state index is 0.409. The summed E-state index contributed by atoms with van der Waals surface area (Å²) >= 11 is 3.63. The van der Waals surface area contributed by atoms with Crippen LogP contribution in [-0.2, 0) is 0 Å². The van der Waals surface area contributed by atoms with Crippen LogP contribution in [0, 0.1) is 0 Å². The van der Waals surface area contributed by atoms with Crippen molar-refractivity contribution in [1.82, 2.24) is 15.1 Å². The van der Waals surface area contributed by atoms with Gasteiger partial charge in [-0.1, -0.05) is 6.92 Å². The van der Waals surface area contributed by atoms with Crippen LogP contribution in [0.5, 0.6) is 0 Å². The summed E-state index contributed by atoms with van der Waals surface area (Å²) in [7, 11) is 0. The third-order valence-corrected chi connectivity index (χ3v) is 4.14. The molecule has 1 fully saturated rings. The summed E-state index contributed by atoms with van der Waals surface area (Å²) < 4.78 is 3.25.